The Morgan fingerprint density at radius 3 is 2.43 bits per heavy atom. The summed E-state index contributed by atoms with van der Waals surface area (Å²) in [4.78, 5) is 29.4. The molecule has 1 aliphatic carbocycles. The van der Waals surface area contributed by atoms with Gasteiger partial charge in [-0.05, 0) is 42.3 Å². The van der Waals surface area contributed by atoms with E-state index < -0.39 is 18.2 Å². The molecule has 0 bridgehead atoms. The quantitative estimate of drug-likeness (QED) is 0.291. The fourth-order valence-electron chi connectivity index (χ4n) is 4.56. The number of hydrogen-bond donors (Lipinski definition) is 0. The number of nitrogens with zero attached hydrogens (tertiary/aromatic N) is 2. The van der Waals surface area contributed by atoms with Gasteiger partial charge < -0.3 is 18.9 Å². The molecule has 2 atom stereocenters. The third-order valence-corrected chi connectivity index (χ3v) is 6.21. The molecule has 1 aliphatic rings. The van der Waals surface area contributed by atoms with Crippen molar-refractivity contribution >= 4 is 17.9 Å². The number of fused-ring (bicyclic) bond motifs is 2. The summed E-state index contributed by atoms with van der Waals surface area (Å²) in [6, 6.07) is 16.5. The highest BCUT2D eigenvalue weighted by molar-refractivity contribution is 5.95. The lowest BCUT2D eigenvalue weighted by atomic mass is 10.1. The lowest BCUT2D eigenvalue weighted by Crippen LogP contribution is -2.27. The maximum Gasteiger partial charge on any atom is 0.346 e. The third kappa shape index (κ3) is 3.86. The van der Waals surface area contributed by atoms with Crippen LogP contribution in [-0.4, -0.2) is 42.0 Å². The van der Waals surface area contributed by atoms with Gasteiger partial charge in [0.1, 0.15) is 28.9 Å². The Morgan fingerprint density at radius 2 is 1.71 bits per heavy atom. The summed E-state index contributed by atoms with van der Waals surface area (Å²) in [6.45, 7) is 1.77. The van der Waals surface area contributed by atoms with Crippen LogP contribution in [0.1, 0.15) is 43.8 Å². The van der Waals surface area contributed by atoms with Crippen LogP contribution in [0.25, 0.3) is 5.65 Å². The molecule has 0 unspecified atom stereocenters. The molecular weight excluding hydrogens is 448 g/mol. The number of rotatable bonds is 7. The molecule has 8 heteroatoms. The van der Waals surface area contributed by atoms with Crippen LogP contribution in [0.3, 0.4) is 0 Å². The minimum absolute atomic E-state index is 0.216. The van der Waals surface area contributed by atoms with Crippen molar-refractivity contribution in [3.8, 4) is 17.2 Å². The summed E-state index contributed by atoms with van der Waals surface area (Å²) in [5, 5.41) is 0. The highest BCUT2D eigenvalue weighted by Gasteiger charge is 2.38. The molecule has 0 fully saturated rings. The van der Waals surface area contributed by atoms with Crippen LogP contribution in [-0.2, 0) is 11.2 Å². The predicted octanol–water partition coefficient (Wildman–Crippen LogP) is 4.37. The molecule has 0 saturated heterocycles. The molecule has 2 aromatic heterocycles. The molecule has 0 spiro atoms. The zero-order valence-electron chi connectivity index (χ0n) is 19.6. The zero-order chi connectivity index (χ0) is 24.5. The Morgan fingerprint density at radius 1 is 1.00 bits per heavy atom. The molecule has 4 aromatic rings. The second kappa shape index (κ2) is 9.13. The smallest absolute Gasteiger partial charge is 0.346 e. The number of esters is 1. The first-order valence-electron chi connectivity index (χ1n) is 11.1. The maximum absolute atomic E-state index is 13.3. The van der Waals surface area contributed by atoms with Crippen LogP contribution in [0.5, 0.6) is 17.2 Å². The lowest BCUT2D eigenvalue weighted by Gasteiger charge is -2.23. The number of methoxy groups -OCH3 is 2. The van der Waals surface area contributed by atoms with E-state index in [4.69, 9.17) is 18.9 Å². The molecule has 2 aromatic carbocycles. The number of imidazole rings is 1. The molecule has 0 saturated carbocycles. The number of benzene rings is 2. The van der Waals surface area contributed by atoms with Crippen LogP contribution in [0.15, 0.2) is 60.8 Å². The summed E-state index contributed by atoms with van der Waals surface area (Å²) in [7, 11) is 2.98. The summed E-state index contributed by atoms with van der Waals surface area (Å²) in [5.74, 6) is 0.646. The van der Waals surface area contributed by atoms with Gasteiger partial charge in [-0.2, -0.15) is 0 Å². The molecule has 0 radical (unpaired) electrons. The molecule has 5 rings (SSSR count). The van der Waals surface area contributed by atoms with Crippen LogP contribution in [0.2, 0.25) is 0 Å². The summed E-state index contributed by atoms with van der Waals surface area (Å²) < 4.78 is 24.9. The van der Waals surface area contributed by atoms with Crippen LogP contribution < -0.4 is 14.2 Å². The Bertz CT molecular complexity index is 1400. The SMILES string of the molecule is COc1cccc(OC)c1C(=O)O[C@@H]1Cc2ccccc2[C@H]1Oc1cccn2c(C=O)c(C)nc12. The molecule has 2 heterocycles. The van der Waals surface area contributed by atoms with E-state index in [1.54, 1.807) is 47.9 Å². The maximum atomic E-state index is 13.3. The first-order valence-corrected chi connectivity index (χ1v) is 11.1. The van der Waals surface area contributed by atoms with Crippen molar-refractivity contribution in [2.75, 3.05) is 14.2 Å². The second-order valence-corrected chi connectivity index (χ2v) is 8.19. The fourth-order valence-corrected chi connectivity index (χ4v) is 4.56. The molecule has 0 amide bonds. The average molecular weight is 472 g/mol. The minimum Gasteiger partial charge on any atom is -0.496 e. The van der Waals surface area contributed by atoms with E-state index in [-0.39, 0.29) is 5.56 Å². The number of aryl methyl sites for hydroxylation is 1. The lowest BCUT2D eigenvalue weighted by molar-refractivity contribution is -0.00335. The van der Waals surface area contributed by atoms with Crippen molar-refractivity contribution in [3.63, 3.8) is 0 Å². The number of aromatic nitrogens is 2. The van der Waals surface area contributed by atoms with Crippen molar-refractivity contribution in [1.29, 1.82) is 0 Å². The van der Waals surface area contributed by atoms with Gasteiger partial charge in [0.25, 0.3) is 0 Å². The third-order valence-electron chi connectivity index (χ3n) is 6.21. The second-order valence-electron chi connectivity index (χ2n) is 8.19. The average Bonchev–Trinajstić information content (AvgIpc) is 3.39. The van der Waals surface area contributed by atoms with Gasteiger partial charge >= 0.3 is 5.97 Å². The number of carbonyl (C=O) groups excluding carboxylic acids is 2. The van der Waals surface area contributed by atoms with Crippen LogP contribution in [0.4, 0.5) is 0 Å². The van der Waals surface area contributed by atoms with E-state index >= 15 is 0 Å². The summed E-state index contributed by atoms with van der Waals surface area (Å²) >= 11 is 0. The predicted molar refractivity (Wildman–Crippen MR) is 128 cm³/mol. The molecular formula is C27H24N2O6. The van der Waals surface area contributed by atoms with Crippen LogP contribution in [0, 0.1) is 6.92 Å². The van der Waals surface area contributed by atoms with E-state index in [1.807, 2.05) is 24.3 Å². The van der Waals surface area contributed by atoms with Crippen molar-refractivity contribution in [2.45, 2.75) is 25.6 Å². The molecule has 35 heavy (non-hydrogen) atoms. The largest absolute Gasteiger partial charge is 0.496 e. The molecule has 0 N–H and O–H groups in total. The van der Waals surface area contributed by atoms with Crippen LogP contribution >= 0.6 is 0 Å². The van der Waals surface area contributed by atoms with E-state index in [1.165, 1.54) is 14.2 Å². The van der Waals surface area contributed by atoms with E-state index in [0.29, 0.717) is 40.7 Å². The minimum atomic E-state index is -0.601. The first-order chi connectivity index (χ1) is 17.0. The summed E-state index contributed by atoms with van der Waals surface area (Å²) in [6.07, 6.45) is 1.85. The molecule has 0 aliphatic heterocycles. The van der Waals surface area contributed by atoms with Gasteiger partial charge in [-0.1, -0.05) is 30.3 Å². The van der Waals surface area contributed by atoms with Gasteiger partial charge in [0.15, 0.2) is 23.8 Å². The Kier molecular flexibility index (Phi) is 5.86. The van der Waals surface area contributed by atoms with Gasteiger partial charge in [-0.3, -0.25) is 9.20 Å². The highest BCUT2D eigenvalue weighted by atomic mass is 16.6. The van der Waals surface area contributed by atoms with Gasteiger partial charge in [0, 0.05) is 12.6 Å². The molecule has 8 nitrogen and oxygen atoms in total. The number of aldehydes is 1. The fraction of sp³-hybridized carbons (Fsp3) is 0.222. The number of ether oxygens (including phenoxy) is 4. The van der Waals surface area contributed by atoms with Gasteiger partial charge in [0.05, 0.1) is 19.9 Å². The Hall–Kier alpha value is -4.33. The van der Waals surface area contributed by atoms with Gasteiger partial charge in [-0.25, -0.2) is 9.78 Å². The van der Waals surface area contributed by atoms with Crippen molar-refractivity contribution in [1.82, 2.24) is 9.38 Å². The zero-order valence-corrected chi connectivity index (χ0v) is 19.6. The standard InChI is InChI=1S/C27H24N2O6/c1-16-19(15-30)29-13-7-12-22(26(29)28-16)34-25-18-9-5-4-8-17(18)14-23(25)35-27(31)24-20(32-2)10-6-11-21(24)33-3/h4-13,15,23,25H,14H2,1-3H3/t23-,25-/m1/s1. The van der Waals surface area contributed by atoms with E-state index in [9.17, 15) is 9.59 Å². The first kappa shape index (κ1) is 22.5. The van der Waals surface area contributed by atoms with Crippen molar-refractivity contribution in [3.05, 3.63) is 88.9 Å². The highest BCUT2D eigenvalue weighted by Crippen LogP contribution is 2.39. The normalized spacial score (nSPS) is 16.5. The topological polar surface area (TPSA) is 88.4 Å². The molecule has 178 valence electrons. The van der Waals surface area contributed by atoms with E-state index in [2.05, 4.69) is 4.98 Å². The number of hydrogen-bond acceptors (Lipinski definition) is 7. The van der Waals surface area contributed by atoms with Crippen molar-refractivity contribution < 1.29 is 28.5 Å². The Balaban J connectivity index is 1.51. The number of pyridine rings is 1. The summed E-state index contributed by atoms with van der Waals surface area (Å²) in [5.41, 5.74) is 3.76. The van der Waals surface area contributed by atoms with E-state index in [0.717, 1.165) is 17.4 Å². The monoisotopic (exact) mass is 472 g/mol. The van der Waals surface area contributed by atoms with Gasteiger partial charge in [0.2, 0.25) is 0 Å². The van der Waals surface area contributed by atoms with Gasteiger partial charge in [-0.15, -0.1) is 0 Å². The van der Waals surface area contributed by atoms with Crippen molar-refractivity contribution in [2.24, 2.45) is 0 Å². The number of carbonyl (C=O) groups is 2. The Labute approximate surface area is 202 Å².